The Labute approximate surface area is 175 Å². The lowest BCUT2D eigenvalue weighted by Crippen LogP contribution is -2.26. The summed E-state index contributed by atoms with van der Waals surface area (Å²) in [6, 6.07) is 11.0. The largest absolute Gasteiger partial charge is 0.462 e. The molecule has 0 amide bonds. The van der Waals surface area contributed by atoms with Gasteiger partial charge in [0.25, 0.3) is 0 Å². The Morgan fingerprint density at radius 1 is 1.23 bits per heavy atom. The molecule has 0 radical (unpaired) electrons. The van der Waals surface area contributed by atoms with Gasteiger partial charge in [0.15, 0.2) is 5.69 Å². The van der Waals surface area contributed by atoms with E-state index in [2.05, 4.69) is 10.1 Å². The van der Waals surface area contributed by atoms with E-state index in [1.807, 2.05) is 0 Å². The van der Waals surface area contributed by atoms with Gasteiger partial charge in [-0.15, -0.1) is 0 Å². The van der Waals surface area contributed by atoms with Gasteiger partial charge in [0.2, 0.25) is 0 Å². The Balaban J connectivity index is 1.91. The van der Waals surface area contributed by atoms with Gasteiger partial charge in [0.1, 0.15) is 11.4 Å². The molecule has 2 aromatic heterocycles. The van der Waals surface area contributed by atoms with Crippen LogP contribution in [0.1, 0.15) is 28.5 Å². The first-order valence-electron chi connectivity index (χ1n) is 9.07. The van der Waals surface area contributed by atoms with Crippen LogP contribution in [0.4, 0.5) is 19.0 Å². The lowest BCUT2D eigenvalue weighted by atomic mass is 10.1. The Bertz CT molecular complexity index is 1080. The van der Waals surface area contributed by atoms with E-state index in [1.54, 1.807) is 24.4 Å². The van der Waals surface area contributed by atoms with Crippen molar-refractivity contribution >= 4 is 17.5 Å². The molecule has 162 valence electrons. The molecule has 0 saturated heterocycles. The smallest absolute Gasteiger partial charge is 0.434 e. The Morgan fingerprint density at radius 2 is 1.94 bits per heavy atom. The number of esters is 1. The third-order valence-electron chi connectivity index (χ3n) is 4.17. The van der Waals surface area contributed by atoms with Crippen molar-refractivity contribution in [3.8, 4) is 5.69 Å². The van der Waals surface area contributed by atoms with Gasteiger partial charge in [-0.1, -0.05) is 18.2 Å². The summed E-state index contributed by atoms with van der Waals surface area (Å²) in [4.78, 5) is 16.0. The number of halogens is 3. The number of pyridine rings is 1. The van der Waals surface area contributed by atoms with Gasteiger partial charge in [0.05, 0.1) is 24.2 Å². The average Bonchev–Trinajstić information content (AvgIpc) is 3.20. The predicted molar refractivity (Wildman–Crippen MR) is 108 cm³/mol. The van der Waals surface area contributed by atoms with Crippen molar-refractivity contribution in [1.82, 2.24) is 14.8 Å². The fraction of sp³-hybridized carbons (Fsp3) is 0.150. The van der Waals surface area contributed by atoms with E-state index in [0.29, 0.717) is 16.1 Å². The molecule has 2 heterocycles. The summed E-state index contributed by atoms with van der Waals surface area (Å²) in [7, 11) is 0. The summed E-state index contributed by atoms with van der Waals surface area (Å²) in [5, 5.41) is 4.96. The van der Waals surface area contributed by atoms with E-state index in [-0.39, 0.29) is 18.0 Å². The van der Waals surface area contributed by atoms with Gasteiger partial charge >= 0.3 is 12.1 Å². The highest BCUT2D eigenvalue weighted by atomic mass is 19.4. The highest BCUT2D eigenvalue weighted by Crippen LogP contribution is 2.34. The zero-order valence-electron chi connectivity index (χ0n) is 16.4. The van der Waals surface area contributed by atoms with Crippen molar-refractivity contribution in [1.29, 1.82) is 0 Å². The summed E-state index contributed by atoms with van der Waals surface area (Å²) in [5.41, 5.74) is 5.04. The van der Waals surface area contributed by atoms with Gasteiger partial charge in [-0.05, 0) is 36.8 Å². The van der Waals surface area contributed by atoms with Crippen LogP contribution in [-0.4, -0.2) is 27.3 Å². The number of nitrogens with two attached hydrogens (primary N) is 2. The van der Waals surface area contributed by atoms with Gasteiger partial charge in [-0.2, -0.15) is 18.3 Å². The second kappa shape index (κ2) is 8.88. The summed E-state index contributed by atoms with van der Waals surface area (Å²) >= 11 is 0. The number of nitrogens with zero attached hydrogens (tertiary/aromatic N) is 4. The molecule has 0 bridgehead atoms. The number of ether oxygens (including phenoxy) is 1. The summed E-state index contributed by atoms with van der Waals surface area (Å²) in [5.74, 6) is 5.27. The van der Waals surface area contributed by atoms with Crippen LogP contribution >= 0.6 is 0 Å². The predicted octanol–water partition coefficient (Wildman–Crippen LogP) is 3.10. The summed E-state index contributed by atoms with van der Waals surface area (Å²) in [6.07, 6.45) is -0.979. The quantitative estimate of drug-likeness (QED) is 0.350. The lowest BCUT2D eigenvalue weighted by Gasteiger charge is -2.14. The van der Waals surface area contributed by atoms with Crippen LogP contribution in [0.5, 0.6) is 0 Å². The van der Waals surface area contributed by atoms with Crippen LogP contribution < -0.4 is 16.6 Å². The van der Waals surface area contributed by atoms with E-state index in [4.69, 9.17) is 16.3 Å². The van der Waals surface area contributed by atoms with Crippen molar-refractivity contribution in [2.24, 2.45) is 11.6 Å². The number of anilines is 1. The number of alkyl halides is 3. The molecule has 0 aliphatic rings. The van der Waals surface area contributed by atoms with Crippen molar-refractivity contribution in [3.63, 3.8) is 0 Å². The summed E-state index contributed by atoms with van der Waals surface area (Å²) in [6.45, 7) is 1.45. The van der Waals surface area contributed by atoms with Crippen molar-refractivity contribution < 1.29 is 22.7 Å². The van der Waals surface area contributed by atoms with Crippen LogP contribution in [0.25, 0.3) is 11.4 Å². The number of hydrogen-bond donors (Lipinski definition) is 2. The second-order valence-corrected chi connectivity index (χ2v) is 6.26. The zero-order valence-corrected chi connectivity index (χ0v) is 16.4. The highest BCUT2D eigenvalue weighted by molar-refractivity contribution is 5.90. The van der Waals surface area contributed by atoms with Crippen molar-refractivity contribution in [2.75, 3.05) is 11.6 Å². The molecular weight excluding hydrogens is 413 g/mol. The number of carbonyl (C=O) groups is 1. The van der Waals surface area contributed by atoms with Gasteiger partial charge in [-0.25, -0.2) is 20.3 Å². The molecule has 0 fully saturated rings. The molecule has 0 unspecified atom stereocenters. The normalized spacial score (nSPS) is 12.0. The first kappa shape index (κ1) is 21.8. The molecule has 4 N–H and O–H groups in total. The van der Waals surface area contributed by atoms with Crippen LogP contribution in [0.2, 0.25) is 0 Å². The van der Waals surface area contributed by atoms with E-state index in [0.717, 1.165) is 6.20 Å². The van der Waals surface area contributed by atoms with Crippen LogP contribution in [-0.2, 0) is 10.9 Å². The maximum absolute atomic E-state index is 13.6. The third-order valence-corrected chi connectivity index (χ3v) is 4.17. The van der Waals surface area contributed by atoms with Crippen LogP contribution in [0, 0.1) is 0 Å². The van der Waals surface area contributed by atoms with Crippen LogP contribution in [0.3, 0.4) is 0 Å². The fourth-order valence-corrected chi connectivity index (χ4v) is 2.77. The molecule has 8 nitrogen and oxygen atoms in total. The number of hydrogen-bond acceptors (Lipinski definition) is 7. The average molecular weight is 432 g/mol. The molecule has 0 atom stereocenters. The Morgan fingerprint density at radius 3 is 2.52 bits per heavy atom. The van der Waals surface area contributed by atoms with Gasteiger partial charge < -0.3 is 10.5 Å². The molecule has 0 saturated carbocycles. The van der Waals surface area contributed by atoms with E-state index < -0.39 is 23.4 Å². The molecule has 11 heteroatoms. The number of carbonyl (C=O) groups excluding carboxylic acids is 1. The minimum Gasteiger partial charge on any atom is -0.462 e. The van der Waals surface area contributed by atoms with E-state index in [1.165, 1.54) is 42.4 Å². The topological polar surface area (TPSA) is 112 Å². The molecular formula is C20H19F3N6O2. The van der Waals surface area contributed by atoms with Crippen molar-refractivity contribution in [2.45, 2.75) is 13.1 Å². The SMILES string of the molecule is CCOC(=O)c1cnn(-c2ccc(/C(N)=C/N(N)c3ccccn3)cc2)c1C(F)(F)F. The number of hydrazine groups is 1. The molecule has 0 spiro atoms. The van der Waals surface area contributed by atoms with Crippen molar-refractivity contribution in [3.05, 3.63) is 77.9 Å². The standard InChI is InChI=1S/C20H19F3N6O2/c1-2-31-19(30)15-11-27-29(18(15)20(21,22)23)14-8-6-13(7-9-14)16(24)12-28(25)17-5-3-4-10-26-17/h3-12H,2,24-25H2,1H3/b16-12-. The highest BCUT2D eigenvalue weighted by Gasteiger charge is 2.41. The van der Waals surface area contributed by atoms with Gasteiger partial charge in [0, 0.05) is 12.4 Å². The molecule has 0 aliphatic heterocycles. The minimum absolute atomic E-state index is 0.0573. The Kier molecular flexibility index (Phi) is 6.25. The van der Waals surface area contributed by atoms with E-state index in [9.17, 15) is 18.0 Å². The molecule has 3 aromatic rings. The second-order valence-electron chi connectivity index (χ2n) is 6.26. The number of rotatable bonds is 6. The number of benzene rings is 1. The number of aromatic nitrogens is 3. The minimum atomic E-state index is -4.82. The molecule has 0 aliphatic carbocycles. The molecule has 1 aromatic carbocycles. The first-order valence-corrected chi connectivity index (χ1v) is 9.07. The first-order chi connectivity index (χ1) is 14.7. The molecule has 3 rings (SSSR count). The van der Waals surface area contributed by atoms with E-state index >= 15 is 0 Å². The fourth-order valence-electron chi connectivity index (χ4n) is 2.77. The maximum atomic E-state index is 13.6. The molecule has 31 heavy (non-hydrogen) atoms. The monoisotopic (exact) mass is 432 g/mol. The zero-order chi connectivity index (χ0) is 22.6. The lowest BCUT2D eigenvalue weighted by molar-refractivity contribution is -0.143. The summed E-state index contributed by atoms with van der Waals surface area (Å²) < 4.78 is 46.2. The van der Waals surface area contributed by atoms with Crippen LogP contribution in [0.15, 0.2) is 61.1 Å². The third kappa shape index (κ3) is 4.83. The van der Waals surface area contributed by atoms with Gasteiger partial charge in [-0.3, -0.25) is 5.01 Å². The maximum Gasteiger partial charge on any atom is 0.434 e. The Hall–Kier alpha value is -3.86.